The Kier molecular flexibility index (Phi) is 4.73. The van der Waals surface area contributed by atoms with Gasteiger partial charge in [0.05, 0.1) is 33.5 Å². The molecule has 0 amide bonds. The van der Waals surface area contributed by atoms with Crippen molar-refractivity contribution < 1.29 is 0 Å². The first kappa shape index (κ1) is 17.4. The summed E-state index contributed by atoms with van der Waals surface area (Å²) in [5, 5.41) is 3.85. The first-order valence-electron chi connectivity index (χ1n) is 8.82. The molecule has 3 aromatic heterocycles. The highest BCUT2D eigenvalue weighted by Gasteiger charge is 2.15. The summed E-state index contributed by atoms with van der Waals surface area (Å²) in [7, 11) is 0. The van der Waals surface area contributed by atoms with Crippen LogP contribution in [0.25, 0.3) is 22.4 Å². The van der Waals surface area contributed by atoms with Gasteiger partial charge in [0.1, 0.15) is 5.82 Å². The number of imidazole rings is 1. The molecule has 0 bridgehead atoms. The normalized spacial score (nSPS) is 11.1. The molecule has 4 rings (SSSR count). The molecule has 0 saturated carbocycles. The Hall–Kier alpha value is -2.99. The van der Waals surface area contributed by atoms with Gasteiger partial charge in [0, 0.05) is 24.6 Å². The van der Waals surface area contributed by atoms with Crippen LogP contribution in [0.15, 0.2) is 48.9 Å². The molecule has 0 saturated heterocycles. The van der Waals surface area contributed by atoms with Crippen molar-refractivity contribution in [2.24, 2.45) is 0 Å². The predicted molar refractivity (Wildman–Crippen MR) is 108 cm³/mol. The van der Waals surface area contributed by atoms with E-state index in [4.69, 9.17) is 16.6 Å². The monoisotopic (exact) mass is 378 g/mol. The van der Waals surface area contributed by atoms with Crippen LogP contribution in [-0.2, 0) is 6.54 Å². The maximum atomic E-state index is 6.42. The van der Waals surface area contributed by atoms with Crippen molar-refractivity contribution in [3.63, 3.8) is 0 Å². The second kappa shape index (κ2) is 7.32. The maximum Gasteiger partial charge on any atom is 0.227 e. The molecule has 0 aliphatic heterocycles. The van der Waals surface area contributed by atoms with Crippen LogP contribution in [0.2, 0.25) is 5.02 Å². The smallest absolute Gasteiger partial charge is 0.227 e. The molecule has 136 valence electrons. The summed E-state index contributed by atoms with van der Waals surface area (Å²) in [6, 6.07) is 9.66. The van der Waals surface area contributed by atoms with Gasteiger partial charge >= 0.3 is 0 Å². The number of fused-ring (bicyclic) bond motifs is 1. The van der Waals surface area contributed by atoms with Crippen molar-refractivity contribution in [1.29, 1.82) is 0 Å². The fraction of sp³-hybridized carbons (Fsp3) is 0.200. The first-order valence-corrected chi connectivity index (χ1v) is 9.20. The number of nitrogens with zero attached hydrogens (tertiary/aromatic N) is 5. The van der Waals surface area contributed by atoms with E-state index in [2.05, 4.69) is 31.8 Å². The van der Waals surface area contributed by atoms with E-state index in [1.54, 1.807) is 18.6 Å². The number of hydrogen-bond donors (Lipinski definition) is 1. The number of benzene rings is 1. The van der Waals surface area contributed by atoms with Gasteiger partial charge in [0.15, 0.2) is 0 Å². The van der Waals surface area contributed by atoms with Crippen LogP contribution in [-0.4, -0.2) is 24.5 Å². The fourth-order valence-electron chi connectivity index (χ4n) is 2.98. The minimum atomic E-state index is 0.514. The molecule has 0 unspecified atom stereocenters. The van der Waals surface area contributed by atoms with E-state index >= 15 is 0 Å². The van der Waals surface area contributed by atoms with Crippen molar-refractivity contribution in [1.82, 2.24) is 24.5 Å². The third-order valence-electron chi connectivity index (χ3n) is 4.24. The zero-order valence-corrected chi connectivity index (χ0v) is 15.9. The maximum absolute atomic E-state index is 6.42. The highest BCUT2D eigenvalue weighted by molar-refractivity contribution is 6.35. The molecule has 7 heteroatoms. The molecular formula is C20H19ClN6. The average molecular weight is 379 g/mol. The fourth-order valence-corrected chi connectivity index (χ4v) is 3.25. The van der Waals surface area contributed by atoms with Gasteiger partial charge in [-0.2, -0.15) is 0 Å². The minimum Gasteiger partial charge on any atom is -0.323 e. The second-order valence-corrected chi connectivity index (χ2v) is 6.71. The number of pyridine rings is 1. The highest BCUT2D eigenvalue weighted by Crippen LogP contribution is 2.29. The molecule has 0 aliphatic carbocycles. The Morgan fingerprint density at radius 1 is 1.04 bits per heavy atom. The Labute approximate surface area is 162 Å². The van der Waals surface area contributed by atoms with Gasteiger partial charge in [0.25, 0.3) is 0 Å². The van der Waals surface area contributed by atoms with Crippen LogP contribution < -0.4 is 5.32 Å². The van der Waals surface area contributed by atoms with E-state index in [0.717, 1.165) is 46.8 Å². The summed E-state index contributed by atoms with van der Waals surface area (Å²) in [4.78, 5) is 17.9. The van der Waals surface area contributed by atoms with Crippen molar-refractivity contribution in [3.8, 4) is 11.4 Å². The lowest BCUT2D eigenvalue weighted by Crippen LogP contribution is -2.02. The van der Waals surface area contributed by atoms with Crippen LogP contribution in [0.1, 0.15) is 19.0 Å². The van der Waals surface area contributed by atoms with Crippen LogP contribution in [0.5, 0.6) is 0 Å². The van der Waals surface area contributed by atoms with Crippen LogP contribution in [0.4, 0.5) is 11.6 Å². The Morgan fingerprint density at radius 3 is 2.56 bits per heavy atom. The largest absolute Gasteiger partial charge is 0.323 e. The summed E-state index contributed by atoms with van der Waals surface area (Å²) in [6.45, 7) is 4.90. The summed E-state index contributed by atoms with van der Waals surface area (Å²) < 4.78 is 2.13. The van der Waals surface area contributed by atoms with E-state index in [-0.39, 0.29) is 0 Å². The van der Waals surface area contributed by atoms with Crippen LogP contribution in [0.3, 0.4) is 0 Å². The number of hydrogen-bond acceptors (Lipinski definition) is 5. The van der Waals surface area contributed by atoms with E-state index in [1.165, 1.54) is 0 Å². The topological polar surface area (TPSA) is 68.5 Å². The molecule has 0 fully saturated rings. The summed E-state index contributed by atoms with van der Waals surface area (Å²) >= 11 is 6.42. The molecule has 0 spiro atoms. The Balaban J connectivity index is 1.68. The lowest BCUT2D eigenvalue weighted by Gasteiger charge is -2.09. The third kappa shape index (κ3) is 3.48. The Morgan fingerprint density at radius 2 is 1.85 bits per heavy atom. The predicted octanol–water partition coefficient (Wildman–Crippen LogP) is 5.00. The molecule has 4 aromatic rings. The number of anilines is 2. The van der Waals surface area contributed by atoms with E-state index in [9.17, 15) is 0 Å². The second-order valence-electron chi connectivity index (χ2n) is 6.30. The number of nitrogens with one attached hydrogen (secondary N) is 1. The summed E-state index contributed by atoms with van der Waals surface area (Å²) in [5.41, 5.74) is 4.48. The van der Waals surface area contributed by atoms with Gasteiger partial charge < -0.3 is 9.88 Å². The number of halogens is 1. The lowest BCUT2D eigenvalue weighted by atomic mass is 10.3. The lowest BCUT2D eigenvalue weighted by molar-refractivity contribution is 0.703. The van der Waals surface area contributed by atoms with E-state index < -0.39 is 0 Å². The van der Waals surface area contributed by atoms with Crippen molar-refractivity contribution in [2.75, 3.05) is 5.32 Å². The molecule has 0 aliphatic rings. The number of para-hydroxylation sites is 1. The van der Waals surface area contributed by atoms with Crippen LogP contribution >= 0.6 is 11.6 Å². The standard InChI is InChI=1S/C20H19ClN6/c1-3-9-27-18-16(21)5-4-6-17(18)26-19(27)14-10-23-20(24-11-14)25-15-8-7-13(2)22-12-15/h4-8,10-12H,3,9H2,1-2H3,(H,23,24,25). The quantitative estimate of drug-likeness (QED) is 0.529. The van der Waals surface area contributed by atoms with Gasteiger partial charge in [-0.05, 0) is 37.6 Å². The zero-order chi connectivity index (χ0) is 18.8. The van der Waals surface area contributed by atoms with Gasteiger partial charge in [0.2, 0.25) is 5.95 Å². The first-order chi connectivity index (χ1) is 13.2. The van der Waals surface area contributed by atoms with E-state index in [0.29, 0.717) is 11.0 Å². The number of aryl methyl sites for hydroxylation is 2. The van der Waals surface area contributed by atoms with Crippen molar-refractivity contribution in [2.45, 2.75) is 26.8 Å². The molecule has 0 atom stereocenters. The van der Waals surface area contributed by atoms with Gasteiger partial charge in [-0.15, -0.1) is 0 Å². The SMILES string of the molecule is CCCn1c(-c2cnc(Nc3ccc(C)nc3)nc2)nc2cccc(Cl)c21. The van der Waals surface area contributed by atoms with Gasteiger partial charge in [-0.25, -0.2) is 15.0 Å². The molecule has 0 radical (unpaired) electrons. The Bertz CT molecular complexity index is 1070. The van der Waals surface area contributed by atoms with E-state index in [1.807, 2.05) is 37.3 Å². The molecule has 6 nitrogen and oxygen atoms in total. The molecule has 27 heavy (non-hydrogen) atoms. The highest BCUT2D eigenvalue weighted by atomic mass is 35.5. The van der Waals surface area contributed by atoms with Crippen LogP contribution in [0, 0.1) is 6.92 Å². The zero-order valence-electron chi connectivity index (χ0n) is 15.1. The van der Waals surface area contributed by atoms with Gasteiger partial charge in [-0.3, -0.25) is 4.98 Å². The average Bonchev–Trinajstić information content (AvgIpc) is 3.04. The molecule has 1 N–H and O–H groups in total. The molecule has 1 aromatic carbocycles. The molecular weight excluding hydrogens is 360 g/mol. The van der Waals surface area contributed by atoms with Crippen molar-refractivity contribution in [3.05, 3.63) is 59.6 Å². The summed E-state index contributed by atoms with van der Waals surface area (Å²) in [6.07, 6.45) is 6.29. The number of rotatable bonds is 5. The van der Waals surface area contributed by atoms with Crippen molar-refractivity contribution >= 4 is 34.3 Å². The minimum absolute atomic E-state index is 0.514. The number of aromatic nitrogens is 5. The van der Waals surface area contributed by atoms with Gasteiger partial charge in [-0.1, -0.05) is 24.6 Å². The summed E-state index contributed by atoms with van der Waals surface area (Å²) in [5.74, 6) is 1.34. The molecule has 3 heterocycles. The third-order valence-corrected chi connectivity index (χ3v) is 4.55.